The van der Waals surface area contributed by atoms with E-state index in [1.165, 1.54) is 42.3 Å². The quantitative estimate of drug-likeness (QED) is 0.917. The lowest BCUT2D eigenvalue weighted by Crippen LogP contribution is -2.40. The number of aromatic nitrogens is 2. The van der Waals surface area contributed by atoms with E-state index in [-0.39, 0.29) is 5.41 Å². The molecule has 0 aliphatic heterocycles. The molecule has 1 aromatic carbocycles. The van der Waals surface area contributed by atoms with Crippen LogP contribution in [0.4, 0.5) is 4.79 Å². The third kappa shape index (κ3) is 2.37. The van der Waals surface area contributed by atoms with Crippen LogP contribution >= 0.6 is 0 Å². The topological polar surface area (TPSA) is 60.9 Å². The van der Waals surface area contributed by atoms with Crippen LogP contribution in [0.1, 0.15) is 48.9 Å². The van der Waals surface area contributed by atoms with Crippen molar-refractivity contribution in [2.24, 2.45) is 11.7 Å². The highest BCUT2D eigenvalue weighted by atomic mass is 16.2. The van der Waals surface area contributed by atoms with Crippen molar-refractivity contribution in [3.05, 3.63) is 59.4 Å². The number of carbonyl (C=O) groups excluding carboxylic acids is 1. The first-order valence-corrected chi connectivity index (χ1v) is 8.75. The van der Waals surface area contributed by atoms with Crippen LogP contribution in [-0.2, 0) is 11.8 Å². The maximum atomic E-state index is 11.7. The minimum absolute atomic E-state index is 0.0875. The van der Waals surface area contributed by atoms with E-state index in [9.17, 15) is 4.79 Å². The summed E-state index contributed by atoms with van der Waals surface area (Å²) >= 11 is 0. The number of benzene rings is 1. The highest BCUT2D eigenvalue weighted by molar-refractivity contribution is 5.76. The fourth-order valence-corrected chi connectivity index (χ4v) is 4.48. The van der Waals surface area contributed by atoms with Gasteiger partial charge in [-0.05, 0) is 24.3 Å². The van der Waals surface area contributed by atoms with Crippen LogP contribution < -0.4 is 5.73 Å². The van der Waals surface area contributed by atoms with Crippen LogP contribution in [0.2, 0.25) is 0 Å². The molecule has 4 heteroatoms. The third-order valence-corrected chi connectivity index (χ3v) is 5.70. The summed E-state index contributed by atoms with van der Waals surface area (Å²) in [5, 5.41) is 4.07. The van der Waals surface area contributed by atoms with Crippen molar-refractivity contribution in [3.63, 3.8) is 0 Å². The highest BCUT2D eigenvalue weighted by Crippen LogP contribution is 2.47. The van der Waals surface area contributed by atoms with Gasteiger partial charge in [-0.15, -0.1) is 0 Å². The standard InChI is InChI=1S/C20H22N3O/c21-19(24)23-18-13-20(12-11-15(18)14-22-23,16-7-3-1-4-8-16)17-9-5-2-6-10-17/h1,3-4,7-8,11-12,17H,2,5-6,9-10,13H2,(H2,21,24). The number of hydrogen-bond acceptors (Lipinski definition) is 2. The van der Waals surface area contributed by atoms with Gasteiger partial charge in [0.1, 0.15) is 6.20 Å². The van der Waals surface area contributed by atoms with Crippen molar-refractivity contribution >= 4 is 12.1 Å². The van der Waals surface area contributed by atoms with E-state index < -0.39 is 6.03 Å². The molecular weight excluding hydrogens is 298 g/mol. The van der Waals surface area contributed by atoms with Crippen LogP contribution in [0, 0.1) is 12.1 Å². The molecule has 2 N–H and O–H groups in total. The molecule has 4 rings (SSSR count). The molecule has 4 nitrogen and oxygen atoms in total. The van der Waals surface area contributed by atoms with Gasteiger partial charge in [0, 0.05) is 17.4 Å². The Kier molecular flexibility index (Phi) is 3.75. The summed E-state index contributed by atoms with van der Waals surface area (Å²) in [5.74, 6) is 0.578. The van der Waals surface area contributed by atoms with Crippen molar-refractivity contribution < 1.29 is 4.79 Å². The number of nitrogens with zero attached hydrogens (tertiary/aromatic N) is 2. The van der Waals surface area contributed by atoms with Crippen LogP contribution in [0.25, 0.3) is 6.08 Å². The largest absolute Gasteiger partial charge is 0.350 e. The van der Waals surface area contributed by atoms with Crippen molar-refractivity contribution in [3.8, 4) is 0 Å². The second-order valence-corrected chi connectivity index (χ2v) is 6.97. The average Bonchev–Trinajstić information content (AvgIpc) is 3.06. The number of carbonyl (C=O) groups is 1. The molecule has 0 saturated heterocycles. The number of primary amides is 1. The van der Waals surface area contributed by atoms with Crippen LogP contribution in [-0.4, -0.2) is 15.8 Å². The van der Waals surface area contributed by atoms with Gasteiger partial charge >= 0.3 is 6.03 Å². The second-order valence-electron chi connectivity index (χ2n) is 6.97. The van der Waals surface area contributed by atoms with Gasteiger partial charge < -0.3 is 5.73 Å². The molecule has 24 heavy (non-hydrogen) atoms. The Morgan fingerprint density at radius 2 is 1.96 bits per heavy atom. The Morgan fingerprint density at radius 1 is 1.21 bits per heavy atom. The molecule has 1 aromatic heterocycles. The first-order chi connectivity index (χ1) is 11.7. The van der Waals surface area contributed by atoms with E-state index in [4.69, 9.17) is 5.73 Å². The predicted octanol–water partition coefficient (Wildman–Crippen LogP) is 3.70. The van der Waals surface area contributed by atoms with Crippen molar-refractivity contribution in [1.82, 2.24) is 9.78 Å². The number of nitrogens with two attached hydrogens (primary N) is 1. The van der Waals surface area contributed by atoms with E-state index >= 15 is 0 Å². The molecule has 0 bridgehead atoms. The number of fused-ring (bicyclic) bond motifs is 1. The maximum Gasteiger partial charge on any atom is 0.339 e. The maximum absolute atomic E-state index is 11.7. The number of allylic oxidation sites excluding steroid dienone is 1. The zero-order chi connectivity index (χ0) is 16.6. The highest BCUT2D eigenvalue weighted by Gasteiger charge is 2.42. The molecule has 0 spiro atoms. The Bertz CT molecular complexity index is 771. The number of rotatable bonds is 2. The molecule has 1 atom stereocenters. The van der Waals surface area contributed by atoms with Crippen molar-refractivity contribution in [2.75, 3.05) is 0 Å². The molecule has 2 aliphatic rings. The lowest BCUT2D eigenvalue weighted by atomic mass is 9.61. The summed E-state index contributed by atoms with van der Waals surface area (Å²) in [5.41, 5.74) is 8.51. The van der Waals surface area contributed by atoms with Crippen LogP contribution in [0.3, 0.4) is 0 Å². The number of hydrogen-bond donors (Lipinski definition) is 1. The molecule has 1 unspecified atom stereocenters. The average molecular weight is 320 g/mol. The summed E-state index contributed by atoms with van der Waals surface area (Å²) in [6.07, 6.45) is 14.4. The van der Waals surface area contributed by atoms with Gasteiger partial charge in [-0.2, -0.15) is 9.78 Å². The van der Waals surface area contributed by atoms with E-state index in [1.54, 1.807) is 0 Å². The molecule has 1 saturated carbocycles. The summed E-state index contributed by atoms with van der Waals surface area (Å²) in [6.45, 7) is 0. The lowest BCUT2D eigenvalue weighted by molar-refractivity contribution is 0.234. The summed E-state index contributed by atoms with van der Waals surface area (Å²) in [6, 6.07) is 10.1. The lowest BCUT2D eigenvalue weighted by Gasteiger charge is -2.43. The normalized spacial score (nSPS) is 23.8. The summed E-state index contributed by atoms with van der Waals surface area (Å²) in [7, 11) is 0. The predicted molar refractivity (Wildman–Crippen MR) is 93.5 cm³/mol. The molecule has 2 aromatic rings. The minimum atomic E-state index is -0.534. The zero-order valence-electron chi connectivity index (χ0n) is 13.7. The van der Waals surface area contributed by atoms with Gasteiger partial charge in [-0.3, -0.25) is 0 Å². The van der Waals surface area contributed by atoms with Gasteiger partial charge in [-0.1, -0.05) is 61.7 Å². The Morgan fingerprint density at radius 3 is 2.67 bits per heavy atom. The molecule has 1 amide bonds. The van der Waals surface area contributed by atoms with E-state index in [1.807, 2.05) is 0 Å². The minimum Gasteiger partial charge on any atom is -0.350 e. The molecule has 1 radical (unpaired) electrons. The first-order valence-electron chi connectivity index (χ1n) is 8.75. The van der Waals surface area contributed by atoms with Crippen molar-refractivity contribution in [1.29, 1.82) is 0 Å². The third-order valence-electron chi connectivity index (χ3n) is 5.70. The van der Waals surface area contributed by atoms with E-state index in [2.05, 4.69) is 53.8 Å². The second kappa shape index (κ2) is 5.93. The van der Waals surface area contributed by atoms with Gasteiger partial charge in [0.2, 0.25) is 0 Å². The fraction of sp³-hybridized carbons (Fsp3) is 0.400. The summed E-state index contributed by atoms with van der Waals surface area (Å²) in [4.78, 5) is 11.7. The number of amides is 1. The van der Waals surface area contributed by atoms with Gasteiger partial charge in [0.25, 0.3) is 0 Å². The van der Waals surface area contributed by atoms with Crippen LogP contribution in [0.15, 0.2) is 36.4 Å². The van der Waals surface area contributed by atoms with Gasteiger partial charge in [-0.25, -0.2) is 4.79 Å². The van der Waals surface area contributed by atoms with E-state index in [0.717, 1.165) is 17.7 Å². The monoisotopic (exact) mass is 320 g/mol. The molecule has 1 heterocycles. The first kappa shape index (κ1) is 15.2. The Balaban J connectivity index is 1.83. The Hall–Kier alpha value is -2.36. The van der Waals surface area contributed by atoms with Gasteiger partial charge in [0.15, 0.2) is 0 Å². The smallest absolute Gasteiger partial charge is 0.339 e. The van der Waals surface area contributed by atoms with Gasteiger partial charge in [0.05, 0.1) is 5.69 Å². The van der Waals surface area contributed by atoms with E-state index in [0.29, 0.717) is 5.92 Å². The fourth-order valence-electron chi connectivity index (χ4n) is 4.48. The van der Waals surface area contributed by atoms with Crippen molar-refractivity contribution in [2.45, 2.75) is 43.9 Å². The molecular formula is C20H22N3O. The van der Waals surface area contributed by atoms with Crippen LogP contribution in [0.5, 0.6) is 0 Å². The zero-order valence-corrected chi connectivity index (χ0v) is 13.7. The summed E-state index contributed by atoms with van der Waals surface area (Å²) < 4.78 is 1.32. The molecule has 2 aliphatic carbocycles. The molecule has 123 valence electrons. The SMILES string of the molecule is NC(=O)n1n[c]c2c1CC(c1ccccc1)(C1CCCCC1)C=C2. The molecule has 1 fully saturated rings. The Labute approximate surface area is 142 Å².